The molecule has 3 fully saturated rings. The molecule has 0 spiro atoms. The maximum atomic E-state index is 12.5. The number of rotatable bonds is 5. The number of tetrazole rings is 1. The number of hydrogen-bond acceptors (Lipinski definition) is 11. The van der Waals surface area contributed by atoms with Gasteiger partial charge in [-0.15, -0.1) is 16.9 Å². The van der Waals surface area contributed by atoms with E-state index < -0.39 is 33.8 Å². The Hall–Kier alpha value is -1.02. The normalized spacial score (nSPS) is 34.4. The van der Waals surface area contributed by atoms with Gasteiger partial charge >= 0.3 is 35.7 Å². The molecule has 1 amide bonds. The fraction of sp³-hybridized carbons (Fsp3) is 0.692. The van der Waals surface area contributed by atoms with Crippen molar-refractivity contribution in [3.05, 3.63) is 0 Å². The number of thioether (sulfide) groups is 2. The minimum absolute atomic E-state index is 0. The van der Waals surface area contributed by atoms with E-state index in [1.165, 1.54) is 21.3 Å². The van der Waals surface area contributed by atoms with Gasteiger partial charge in [0.25, 0.3) is 0 Å². The Morgan fingerprint density at radius 2 is 2.22 bits per heavy atom. The van der Waals surface area contributed by atoms with Gasteiger partial charge in [0, 0.05) is 19.3 Å². The van der Waals surface area contributed by atoms with Crippen molar-refractivity contribution < 1.29 is 58.5 Å². The first-order valence-corrected chi connectivity index (χ1v) is 9.53. The van der Waals surface area contributed by atoms with Crippen molar-refractivity contribution in [1.29, 1.82) is 0 Å². The molecular weight excluding hydrogens is 409 g/mol. The molecule has 4 rings (SSSR count). The van der Waals surface area contributed by atoms with Gasteiger partial charge in [-0.05, 0) is 17.4 Å². The van der Waals surface area contributed by atoms with Crippen molar-refractivity contribution in [2.24, 2.45) is 13.0 Å². The van der Waals surface area contributed by atoms with Gasteiger partial charge in [0.15, 0.2) is 5.60 Å². The standard InChI is InChI=1S/C13H15N5O6S2.Na/c1-12(4-23-11(22)24-12)6-7(19)18-3-13(9(20)21,26-8(6)18)5-25-10-14-15-16-17(10)2;/h6,8H,3-5H2,1-2H3,(H,20,21);/q;+1/p-1/t6?,8-,12?,13?;/m1./s1. The Morgan fingerprint density at radius 1 is 1.48 bits per heavy atom. The van der Waals surface area contributed by atoms with E-state index in [1.807, 2.05) is 0 Å². The average molecular weight is 423 g/mol. The molecule has 1 aromatic rings. The molecule has 4 heterocycles. The van der Waals surface area contributed by atoms with Gasteiger partial charge in [0.1, 0.15) is 12.5 Å². The van der Waals surface area contributed by atoms with Gasteiger partial charge in [-0.2, -0.15) is 0 Å². The van der Waals surface area contributed by atoms with Crippen LogP contribution in [0, 0.1) is 5.92 Å². The zero-order chi connectivity index (χ0) is 18.7. The fourth-order valence-electron chi connectivity index (χ4n) is 3.31. The number of amides is 1. The van der Waals surface area contributed by atoms with Crippen LogP contribution < -0.4 is 34.7 Å². The van der Waals surface area contributed by atoms with Crippen LogP contribution in [-0.2, 0) is 26.1 Å². The first-order valence-electron chi connectivity index (χ1n) is 7.66. The molecule has 0 N–H and O–H groups in total. The van der Waals surface area contributed by atoms with Gasteiger partial charge in [-0.3, -0.25) is 4.79 Å². The third-order valence-electron chi connectivity index (χ3n) is 4.75. The number of aromatic nitrogens is 4. The van der Waals surface area contributed by atoms with Crippen molar-refractivity contribution in [2.75, 3.05) is 18.9 Å². The summed E-state index contributed by atoms with van der Waals surface area (Å²) < 4.78 is 10.1. The second-order valence-corrected chi connectivity index (χ2v) is 9.00. The summed E-state index contributed by atoms with van der Waals surface area (Å²) in [6.07, 6.45) is -0.821. The van der Waals surface area contributed by atoms with Crippen molar-refractivity contribution in [3.63, 3.8) is 0 Å². The number of carboxylic acids is 1. The van der Waals surface area contributed by atoms with E-state index in [9.17, 15) is 19.5 Å². The molecule has 4 atom stereocenters. The van der Waals surface area contributed by atoms with Gasteiger partial charge in [0.2, 0.25) is 11.1 Å². The van der Waals surface area contributed by atoms with Gasteiger partial charge in [0.05, 0.1) is 16.1 Å². The summed E-state index contributed by atoms with van der Waals surface area (Å²) in [7, 11) is 1.65. The number of aliphatic carboxylic acids is 1. The third-order valence-corrected chi connectivity index (χ3v) is 7.84. The number of nitrogens with zero attached hydrogens (tertiary/aromatic N) is 5. The Bertz CT molecular complexity index is 810. The summed E-state index contributed by atoms with van der Waals surface area (Å²) in [5, 5.41) is 23.0. The van der Waals surface area contributed by atoms with Crippen molar-refractivity contribution in [3.8, 4) is 0 Å². The Kier molecular flexibility index (Phi) is 5.45. The average Bonchev–Trinajstić information content (AvgIpc) is 3.23. The molecule has 3 aliphatic heterocycles. The number of fused-ring (bicyclic) bond motifs is 1. The summed E-state index contributed by atoms with van der Waals surface area (Å²) in [5.41, 5.74) is -1.09. The molecule has 0 aliphatic carbocycles. The molecule has 11 nitrogen and oxygen atoms in total. The predicted molar refractivity (Wildman–Crippen MR) is 84.7 cm³/mol. The van der Waals surface area contributed by atoms with Crippen LogP contribution in [0.4, 0.5) is 4.79 Å². The van der Waals surface area contributed by atoms with E-state index in [0.29, 0.717) is 5.16 Å². The third kappa shape index (κ3) is 3.22. The smallest absolute Gasteiger partial charge is 0.549 e. The maximum absolute atomic E-state index is 12.5. The van der Waals surface area contributed by atoms with Crippen LogP contribution in [0.5, 0.6) is 0 Å². The summed E-state index contributed by atoms with van der Waals surface area (Å²) in [4.78, 5) is 37.2. The van der Waals surface area contributed by atoms with E-state index in [2.05, 4.69) is 15.5 Å². The van der Waals surface area contributed by atoms with Crippen molar-refractivity contribution in [1.82, 2.24) is 25.1 Å². The zero-order valence-electron chi connectivity index (χ0n) is 14.8. The van der Waals surface area contributed by atoms with Gasteiger partial charge in [-0.1, -0.05) is 11.8 Å². The van der Waals surface area contributed by atoms with Crippen molar-refractivity contribution in [2.45, 2.75) is 27.8 Å². The Balaban J connectivity index is 0.00000210. The number of cyclic esters (lactones) is 2. The molecular formula is C13H14N5NaO6S2. The van der Waals surface area contributed by atoms with E-state index in [1.54, 1.807) is 14.0 Å². The van der Waals surface area contributed by atoms with Crippen LogP contribution in [0.3, 0.4) is 0 Å². The molecule has 0 aromatic carbocycles. The summed E-state index contributed by atoms with van der Waals surface area (Å²) in [5.74, 6) is -2.02. The molecule has 27 heavy (non-hydrogen) atoms. The molecule has 3 saturated heterocycles. The molecule has 3 aliphatic rings. The number of carbonyl (C=O) groups excluding carboxylic acids is 3. The molecule has 14 heteroatoms. The number of ether oxygens (including phenoxy) is 2. The van der Waals surface area contributed by atoms with Crippen LogP contribution in [0.25, 0.3) is 0 Å². The van der Waals surface area contributed by atoms with Crippen molar-refractivity contribution >= 4 is 41.6 Å². The van der Waals surface area contributed by atoms with Crippen LogP contribution in [0.1, 0.15) is 6.92 Å². The monoisotopic (exact) mass is 423 g/mol. The zero-order valence-corrected chi connectivity index (χ0v) is 18.4. The quantitative estimate of drug-likeness (QED) is 0.195. The Morgan fingerprint density at radius 3 is 2.78 bits per heavy atom. The Labute approximate surface area is 184 Å². The number of carboxylic acid groups (broad SMARTS) is 1. The first kappa shape index (κ1) is 20.7. The fourth-order valence-corrected chi connectivity index (χ4v) is 6.27. The predicted octanol–water partition coefficient (Wildman–Crippen LogP) is -4.75. The van der Waals surface area contributed by atoms with E-state index in [0.717, 1.165) is 11.8 Å². The van der Waals surface area contributed by atoms with E-state index in [-0.39, 0.29) is 54.4 Å². The second kappa shape index (κ2) is 7.10. The number of carbonyl (C=O) groups is 3. The summed E-state index contributed by atoms with van der Waals surface area (Å²) in [6.45, 7) is 1.60. The van der Waals surface area contributed by atoms with E-state index >= 15 is 0 Å². The van der Waals surface area contributed by atoms with Crippen LogP contribution in [-0.4, -0.2) is 77.8 Å². The first-order chi connectivity index (χ1) is 12.3. The molecule has 1 aromatic heterocycles. The van der Waals surface area contributed by atoms with Crippen LogP contribution in [0.2, 0.25) is 0 Å². The van der Waals surface area contributed by atoms with Crippen LogP contribution >= 0.6 is 23.5 Å². The minimum atomic E-state index is -1.30. The van der Waals surface area contributed by atoms with Gasteiger partial charge in [-0.25, -0.2) is 9.48 Å². The van der Waals surface area contributed by atoms with Gasteiger partial charge < -0.3 is 24.3 Å². The number of hydrogen-bond donors (Lipinski definition) is 0. The topological polar surface area (TPSA) is 140 Å². The molecule has 3 unspecified atom stereocenters. The molecule has 0 bridgehead atoms. The van der Waals surface area contributed by atoms with Crippen LogP contribution in [0.15, 0.2) is 5.16 Å². The largest absolute Gasteiger partial charge is 1.00 e. The second-order valence-electron chi connectivity index (χ2n) is 6.56. The molecule has 0 saturated carbocycles. The number of β-lactam (4-membered cyclic amide) rings is 1. The maximum Gasteiger partial charge on any atom is 1.00 e. The molecule has 140 valence electrons. The van der Waals surface area contributed by atoms with E-state index in [4.69, 9.17) is 9.47 Å². The molecule has 0 radical (unpaired) electrons. The minimum Gasteiger partial charge on any atom is -0.549 e. The number of aryl methyl sites for hydroxylation is 1. The summed E-state index contributed by atoms with van der Waals surface area (Å²) >= 11 is 2.32. The SMILES string of the molecule is Cn1nnnc1SCC1(C(=O)[O-])CN2C(=O)C(C3(C)COC(=O)O3)[C@H]2S1.[Na+]. The summed E-state index contributed by atoms with van der Waals surface area (Å²) in [6, 6.07) is 0.